The molecule has 2 heterocycles. The van der Waals surface area contributed by atoms with Crippen LogP contribution >= 0.6 is 12.4 Å². The Labute approximate surface area is 171 Å². The molecule has 28 heavy (non-hydrogen) atoms. The molecular formula is C23H25ClN2O2. The number of carbonyl (C=O) groups is 1. The van der Waals surface area contributed by atoms with Gasteiger partial charge < -0.3 is 4.74 Å². The maximum atomic E-state index is 13.3. The van der Waals surface area contributed by atoms with Gasteiger partial charge in [0.2, 0.25) is 0 Å². The van der Waals surface area contributed by atoms with Crippen LogP contribution in [-0.4, -0.2) is 21.9 Å². The number of carbonyl (C=O) groups excluding carboxylic acids is 1. The number of hydrogen-bond acceptors (Lipinski definition) is 3. The van der Waals surface area contributed by atoms with Gasteiger partial charge in [0.1, 0.15) is 11.5 Å². The number of aryl methyl sites for hydroxylation is 2. The Bertz CT molecular complexity index is 914. The summed E-state index contributed by atoms with van der Waals surface area (Å²) >= 11 is 0. The molecule has 4 rings (SSSR count). The van der Waals surface area contributed by atoms with Crippen molar-refractivity contribution in [3.05, 3.63) is 89.2 Å². The fraction of sp³-hybridized carbons (Fsp3) is 0.304. The van der Waals surface area contributed by atoms with Crippen molar-refractivity contribution in [2.75, 3.05) is 0 Å². The topological polar surface area (TPSA) is 44.1 Å². The third-order valence-corrected chi connectivity index (χ3v) is 5.74. The molecule has 1 saturated heterocycles. The predicted octanol–water partition coefficient (Wildman–Crippen LogP) is 4.47. The lowest BCUT2D eigenvalue weighted by Gasteiger charge is -2.31. The summed E-state index contributed by atoms with van der Waals surface area (Å²) in [6.07, 6.45) is -0.240. The van der Waals surface area contributed by atoms with Gasteiger partial charge in [-0.2, -0.15) is 5.10 Å². The van der Waals surface area contributed by atoms with E-state index < -0.39 is 5.41 Å². The standard InChI is InChI=1S/C23H24N2O2.ClH/c1-16-14-17(2)25(24-16)15-21-18(3)23(22(26)27-21,19-10-6-4-7-11-19)20-12-8-5-9-13-20;/h4-14,18,21H,15H2,1-3H3;1H. The first-order chi connectivity index (χ1) is 13.0. The molecule has 0 N–H and O–H groups in total. The smallest absolute Gasteiger partial charge is 0.321 e. The van der Waals surface area contributed by atoms with E-state index in [0.717, 1.165) is 22.5 Å². The minimum atomic E-state index is -0.802. The normalized spacial score (nSPS) is 20.5. The van der Waals surface area contributed by atoms with Gasteiger partial charge in [-0.1, -0.05) is 67.6 Å². The van der Waals surface area contributed by atoms with Crippen LogP contribution in [0.5, 0.6) is 0 Å². The van der Waals surface area contributed by atoms with E-state index in [2.05, 4.69) is 12.0 Å². The van der Waals surface area contributed by atoms with E-state index in [1.165, 1.54) is 0 Å². The summed E-state index contributed by atoms with van der Waals surface area (Å²) in [6.45, 7) is 6.68. The highest BCUT2D eigenvalue weighted by molar-refractivity contribution is 5.90. The molecule has 1 fully saturated rings. The molecule has 2 aromatic carbocycles. The third-order valence-electron chi connectivity index (χ3n) is 5.74. The van der Waals surface area contributed by atoms with Crippen LogP contribution in [0.1, 0.15) is 29.4 Å². The number of halogens is 1. The summed E-state index contributed by atoms with van der Waals surface area (Å²) in [5.41, 5.74) is 3.20. The average Bonchev–Trinajstić information content (AvgIpc) is 3.12. The van der Waals surface area contributed by atoms with Crippen molar-refractivity contribution in [1.82, 2.24) is 9.78 Å². The Morgan fingerprint density at radius 2 is 1.54 bits per heavy atom. The zero-order chi connectivity index (χ0) is 19.0. The minimum Gasteiger partial charge on any atom is -0.459 e. The second-order valence-corrected chi connectivity index (χ2v) is 7.38. The average molecular weight is 397 g/mol. The molecular weight excluding hydrogens is 372 g/mol. The summed E-state index contributed by atoms with van der Waals surface area (Å²) < 4.78 is 7.91. The maximum absolute atomic E-state index is 13.3. The number of benzene rings is 2. The first-order valence-electron chi connectivity index (χ1n) is 9.36. The Hall–Kier alpha value is -2.59. The summed E-state index contributed by atoms with van der Waals surface area (Å²) in [7, 11) is 0. The first-order valence-corrected chi connectivity index (χ1v) is 9.36. The zero-order valence-electron chi connectivity index (χ0n) is 16.3. The van der Waals surface area contributed by atoms with Crippen molar-refractivity contribution >= 4 is 18.4 Å². The number of nitrogens with zero attached hydrogens (tertiary/aromatic N) is 2. The van der Waals surface area contributed by atoms with Crippen LogP contribution in [0.2, 0.25) is 0 Å². The van der Waals surface area contributed by atoms with Gasteiger partial charge >= 0.3 is 5.97 Å². The molecule has 0 amide bonds. The Morgan fingerprint density at radius 1 is 1.00 bits per heavy atom. The second kappa shape index (κ2) is 7.80. The molecule has 0 bridgehead atoms. The van der Waals surface area contributed by atoms with Gasteiger partial charge in [-0.05, 0) is 31.0 Å². The van der Waals surface area contributed by atoms with E-state index in [4.69, 9.17) is 4.74 Å². The van der Waals surface area contributed by atoms with Crippen LogP contribution in [0.25, 0.3) is 0 Å². The van der Waals surface area contributed by atoms with Crippen molar-refractivity contribution < 1.29 is 9.53 Å². The third kappa shape index (κ3) is 3.12. The van der Waals surface area contributed by atoms with E-state index in [1.807, 2.05) is 85.3 Å². The van der Waals surface area contributed by atoms with Gasteiger partial charge in [0.05, 0.1) is 12.2 Å². The van der Waals surface area contributed by atoms with Crippen LogP contribution in [0, 0.1) is 19.8 Å². The van der Waals surface area contributed by atoms with Gasteiger partial charge in [0, 0.05) is 11.6 Å². The van der Waals surface area contributed by atoms with Crippen LogP contribution in [0.3, 0.4) is 0 Å². The fourth-order valence-electron chi connectivity index (χ4n) is 4.35. The molecule has 5 heteroatoms. The van der Waals surface area contributed by atoms with Crippen molar-refractivity contribution in [3.63, 3.8) is 0 Å². The summed E-state index contributed by atoms with van der Waals surface area (Å²) in [5, 5.41) is 4.55. The van der Waals surface area contributed by atoms with Crippen LogP contribution in [0.4, 0.5) is 0 Å². The van der Waals surface area contributed by atoms with Crippen molar-refractivity contribution in [3.8, 4) is 0 Å². The number of esters is 1. The van der Waals surface area contributed by atoms with Crippen molar-refractivity contribution in [2.24, 2.45) is 5.92 Å². The van der Waals surface area contributed by atoms with Crippen LogP contribution < -0.4 is 0 Å². The van der Waals surface area contributed by atoms with E-state index in [-0.39, 0.29) is 30.4 Å². The number of rotatable bonds is 4. The number of ether oxygens (including phenoxy) is 1. The molecule has 0 radical (unpaired) electrons. The first kappa shape index (κ1) is 20.2. The van der Waals surface area contributed by atoms with E-state index >= 15 is 0 Å². The summed E-state index contributed by atoms with van der Waals surface area (Å²) in [5.74, 6) is -0.211. The Morgan fingerprint density at radius 3 is 2.00 bits per heavy atom. The highest BCUT2D eigenvalue weighted by atomic mass is 35.5. The highest BCUT2D eigenvalue weighted by Gasteiger charge is 2.57. The largest absolute Gasteiger partial charge is 0.459 e. The monoisotopic (exact) mass is 396 g/mol. The van der Waals surface area contributed by atoms with Gasteiger partial charge in [0.25, 0.3) is 0 Å². The lowest BCUT2D eigenvalue weighted by Crippen LogP contribution is -2.39. The molecule has 2 atom stereocenters. The van der Waals surface area contributed by atoms with Crippen LogP contribution in [0.15, 0.2) is 66.7 Å². The number of aromatic nitrogens is 2. The highest BCUT2D eigenvalue weighted by Crippen LogP contribution is 2.47. The fourth-order valence-corrected chi connectivity index (χ4v) is 4.35. The molecule has 0 saturated carbocycles. The van der Waals surface area contributed by atoms with Gasteiger partial charge in [-0.3, -0.25) is 9.48 Å². The maximum Gasteiger partial charge on any atom is 0.321 e. The van der Waals surface area contributed by atoms with Gasteiger partial charge in [0.15, 0.2) is 0 Å². The van der Waals surface area contributed by atoms with E-state index in [1.54, 1.807) is 0 Å². The van der Waals surface area contributed by atoms with E-state index in [9.17, 15) is 4.79 Å². The van der Waals surface area contributed by atoms with E-state index in [0.29, 0.717) is 6.54 Å². The molecule has 2 unspecified atom stereocenters. The quantitative estimate of drug-likeness (QED) is 0.611. The minimum absolute atomic E-state index is 0. The van der Waals surface area contributed by atoms with Crippen LogP contribution in [-0.2, 0) is 21.5 Å². The molecule has 0 aliphatic carbocycles. The van der Waals surface area contributed by atoms with Gasteiger partial charge in [-0.25, -0.2) is 0 Å². The van der Waals surface area contributed by atoms with Gasteiger partial charge in [-0.15, -0.1) is 12.4 Å². The lowest BCUT2D eigenvalue weighted by molar-refractivity contribution is -0.145. The van der Waals surface area contributed by atoms with Crippen molar-refractivity contribution in [2.45, 2.75) is 38.8 Å². The molecule has 146 valence electrons. The molecule has 1 aromatic heterocycles. The molecule has 1 aliphatic rings. The lowest BCUT2D eigenvalue weighted by atomic mass is 9.66. The molecule has 0 spiro atoms. The number of cyclic esters (lactones) is 1. The number of hydrogen-bond donors (Lipinski definition) is 0. The summed E-state index contributed by atoms with van der Waals surface area (Å²) in [4.78, 5) is 13.3. The second-order valence-electron chi connectivity index (χ2n) is 7.38. The molecule has 1 aliphatic heterocycles. The molecule has 4 nitrogen and oxygen atoms in total. The Kier molecular flexibility index (Phi) is 5.61. The predicted molar refractivity (Wildman–Crippen MR) is 112 cm³/mol. The molecule has 3 aromatic rings. The summed E-state index contributed by atoms with van der Waals surface area (Å²) in [6, 6.07) is 22.0. The SMILES string of the molecule is Cc1cc(C)n(CC2OC(=O)C(c3ccccc3)(c3ccccc3)C2C)n1.Cl. The van der Waals surface area contributed by atoms with Crippen molar-refractivity contribution in [1.29, 1.82) is 0 Å². The Balaban J connectivity index is 0.00000225. The zero-order valence-corrected chi connectivity index (χ0v) is 17.1.